The maximum absolute atomic E-state index is 3.70. The van der Waals surface area contributed by atoms with E-state index in [0.29, 0.717) is 6.04 Å². The molecule has 94 valence electrons. The second kappa shape index (κ2) is 5.73. The van der Waals surface area contributed by atoms with E-state index in [9.17, 15) is 0 Å². The molecule has 2 aliphatic rings. The lowest BCUT2D eigenvalue weighted by atomic mass is 10.0. The van der Waals surface area contributed by atoms with Crippen LogP contribution in [-0.2, 0) is 0 Å². The van der Waals surface area contributed by atoms with Crippen LogP contribution in [0.5, 0.6) is 0 Å². The van der Waals surface area contributed by atoms with Crippen molar-refractivity contribution in [2.75, 3.05) is 6.54 Å². The second-order valence-corrected chi connectivity index (χ2v) is 5.86. The molecule has 0 amide bonds. The van der Waals surface area contributed by atoms with Crippen molar-refractivity contribution in [3.8, 4) is 0 Å². The van der Waals surface area contributed by atoms with Crippen molar-refractivity contribution in [3.63, 3.8) is 0 Å². The zero-order valence-electron chi connectivity index (χ0n) is 9.94. The third kappa shape index (κ3) is 2.54. The second-order valence-electron chi connectivity index (χ2n) is 5.00. The van der Waals surface area contributed by atoms with Gasteiger partial charge in [-0.2, -0.15) is 0 Å². The highest BCUT2D eigenvalue weighted by molar-refractivity contribution is 9.10. The van der Waals surface area contributed by atoms with E-state index in [1.807, 2.05) is 0 Å². The topological polar surface area (TPSA) is 3.24 Å². The molecule has 0 saturated carbocycles. The average molecular weight is 317 g/mol. The van der Waals surface area contributed by atoms with Crippen LogP contribution in [0.15, 0.2) is 28.7 Å². The van der Waals surface area contributed by atoms with Crippen LogP contribution in [0.3, 0.4) is 0 Å². The lowest BCUT2D eigenvalue weighted by molar-refractivity contribution is 0.149. The minimum atomic E-state index is 0. The minimum absolute atomic E-state index is 0. The number of hydrogen-bond acceptors (Lipinski definition) is 1. The van der Waals surface area contributed by atoms with E-state index in [1.54, 1.807) is 0 Å². The Balaban J connectivity index is 0.00000108. The Bertz CT molecular complexity index is 382. The number of piperidine rings is 1. The van der Waals surface area contributed by atoms with E-state index >= 15 is 0 Å². The molecular formula is C14H19BrClN. The normalized spacial score (nSPS) is 28.5. The third-order valence-electron chi connectivity index (χ3n) is 4.11. The number of rotatable bonds is 1. The Morgan fingerprint density at radius 3 is 2.71 bits per heavy atom. The summed E-state index contributed by atoms with van der Waals surface area (Å²) in [5.41, 5.74) is 1.49. The molecule has 1 aromatic carbocycles. The van der Waals surface area contributed by atoms with Gasteiger partial charge in [0.1, 0.15) is 0 Å². The molecule has 2 saturated heterocycles. The number of hydrogen-bond donors (Lipinski definition) is 0. The molecule has 0 N–H and O–H groups in total. The zero-order chi connectivity index (χ0) is 11.0. The van der Waals surface area contributed by atoms with Crippen LogP contribution in [0.4, 0.5) is 0 Å². The van der Waals surface area contributed by atoms with Crippen molar-refractivity contribution >= 4 is 28.3 Å². The molecule has 17 heavy (non-hydrogen) atoms. The Kier molecular flexibility index (Phi) is 4.51. The molecular weight excluding hydrogens is 298 g/mol. The molecule has 3 heteroatoms. The highest BCUT2D eigenvalue weighted by Crippen LogP contribution is 2.42. The average Bonchev–Trinajstić information content (AvgIpc) is 2.74. The molecule has 0 radical (unpaired) electrons. The fourth-order valence-corrected chi connectivity index (χ4v) is 3.89. The Labute approximate surface area is 118 Å². The van der Waals surface area contributed by atoms with Crippen LogP contribution in [-0.4, -0.2) is 17.5 Å². The quantitative estimate of drug-likeness (QED) is 0.734. The van der Waals surface area contributed by atoms with Crippen molar-refractivity contribution < 1.29 is 0 Å². The summed E-state index contributed by atoms with van der Waals surface area (Å²) in [7, 11) is 0. The van der Waals surface area contributed by atoms with Gasteiger partial charge in [0.05, 0.1) is 0 Å². The van der Waals surface area contributed by atoms with Crippen molar-refractivity contribution in [1.82, 2.24) is 4.90 Å². The summed E-state index contributed by atoms with van der Waals surface area (Å²) in [6, 6.07) is 10.3. The van der Waals surface area contributed by atoms with Crippen LogP contribution >= 0.6 is 28.3 Å². The maximum Gasteiger partial charge on any atom is 0.0362 e. The van der Waals surface area contributed by atoms with Gasteiger partial charge in [-0.3, -0.25) is 4.90 Å². The van der Waals surface area contributed by atoms with E-state index in [4.69, 9.17) is 0 Å². The first-order valence-corrected chi connectivity index (χ1v) is 7.16. The van der Waals surface area contributed by atoms with E-state index in [-0.39, 0.29) is 12.4 Å². The van der Waals surface area contributed by atoms with Crippen LogP contribution in [0.1, 0.15) is 43.7 Å². The van der Waals surface area contributed by atoms with E-state index in [0.717, 1.165) is 6.04 Å². The first kappa shape index (κ1) is 13.4. The minimum Gasteiger partial charge on any atom is -0.293 e. The van der Waals surface area contributed by atoms with Crippen LogP contribution in [0, 0.1) is 0 Å². The van der Waals surface area contributed by atoms with Gasteiger partial charge in [-0.1, -0.05) is 40.5 Å². The number of nitrogens with zero attached hydrogens (tertiary/aromatic N) is 1. The van der Waals surface area contributed by atoms with Gasteiger partial charge < -0.3 is 0 Å². The number of fused-ring (bicyclic) bond motifs is 1. The van der Waals surface area contributed by atoms with Gasteiger partial charge in [0.15, 0.2) is 0 Å². The zero-order valence-corrected chi connectivity index (χ0v) is 12.3. The van der Waals surface area contributed by atoms with Crippen LogP contribution < -0.4 is 0 Å². The molecule has 2 fully saturated rings. The fraction of sp³-hybridized carbons (Fsp3) is 0.571. The molecule has 2 aliphatic heterocycles. The Morgan fingerprint density at radius 1 is 1.06 bits per heavy atom. The first-order valence-electron chi connectivity index (χ1n) is 6.36. The summed E-state index contributed by atoms with van der Waals surface area (Å²) < 4.78 is 1.28. The summed E-state index contributed by atoms with van der Waals surface area (Å²) in [5, 5.41) is 0. The fourth-order valence-electron chi connectivity index (χ4n) is 3.34. The smallest absolute Gasteiger partial charge is 0.0362 e. The molecule has 0 aromatic heterocycles. The molecule has 0 aliphatic carbocycles. The molecule has 0 unspecified atom stereocenters. The van der Waals surface area contributed by atoms with E-state index < -0.39 is 0 Å². The molecule has 2 atom stereocenters. The Morgan fingerprint density at radius 2 is 1.88 bits per heavy atom. The highest BCUT2D eigenvalue weighted by Gasteiger charge is 2.35. The van der Waals surface area contributed by atoms with E-state index in [2.05, 4.69) is 45.1 Å². The van der Waals surface area contributed by atoms with Gasteiger partial charge >= 0.3 is 0 Å². The molecule has 3 rings (SSSR count). The van der Waals surface area contributed by atoms with Gasteiger partial charge in [-0.15, -0.1) is 12.4 Å². The monoisotopic (exact) mass is 315 g/mol. The standard InChI is InChI=1S/C14H18BrN.ClH/c15-13-7-2-1-6-12(13)14-9-8-11-5-3-4-10-16(11)14;/h1-2,6-7,11,14H,3-5,8-10H2;1H/t11-,14+;/m0./s1. The summed E-state index contributed by atoms with van der Waals surface area (Å²) in [4.78, 5) is 2.74. The first-order chi connectivity index (χ1) is 7.86. The molecule has 1 aromatic rings. The predicted octanol–water partition coefficient (Wildman–Crippen LogP) is 4.56. The van der Waals surface area contributed by atoms with Gasteiger partial charge in [0, 0.05) is 16.6 Å². The van der Waals surface area contributed by atoms with Gasteiger partial charge in [0.2, 0.25) is 0 Å². The van der Waals surface area contributed by atoms with Crippen molar-refractivity contribution in [2.24, 2.45) is 0 Å². The van der Waals surface area contributed by atoms with Crippen molar-refractivity contribution in [3.05, 3.63) is 34.3 Å². The maximum atomic E-state index is 3.70. The molecule has 0 bridgehead atoms. The van der Waals surface area contributed by atoms with Crippen LogP contribution in [0.2, 0.25) is 0 Å². The summed E-state index contributed by atoms with van der Waals surface area (Å²) in [6.07, 6.45) is 6.97. The van der Waals surface area contributed by atoms with Gasteiger partial charge in [-0.25, -0.2) is 0 Å². The largest absolute Gasteiger partial charge is 0.293 e. The third-order valence-corrected chi connectivity index (χ3v) is 4.83. The van der Waals surface area contributed by atoms with Gasteiger partial charge in [0.25, 0.3) is 0 Å². The molecule has 2 heterocycles. The molecule has 1 nitrogen and oxygen atoms in total. The lowest BCUT2D eigenvalue weighted by Crippen LogP contribution is -2.35. The highest BCUT2D eigenvalue weighted by atomic mass is 79.9. The van der Waals surface area contributed by atoms with Crippen molar-refractivity contribution in [1.29, 1.82) is 0 Å². The summed E-state index contributed by atoms with van der Waals surface area (Å²) in [5.74, 6) is 0. The molecule has 0 spiro atoms. The summed E-state index contributed by atoms with van der Waals surface area (Å²) >= 11 is 3.70. The van der Waals surface area contributed by atoms with E-state index in [1.165, 1.54) is 48.7 Å². The SMILES string of the molecule is Brc1ccccc1[C@H]1CC[C@@H]2CCCCN21.Cl. The van der Waals surface area contributed by atoms with Crippen LogP contribution in [0.25, 0.3) is 0 Å². The van der Waals surface area contributed by atoms with Crippen molar-refractivity contribution in [2.45, 2.75) is 44.2 Å². The van der Waals surface area contributed by atoms with Gasteiger partial charge in [-0.05, 0) is 43.9 Å². The predicted molar refractivity (Wildman–Crippen MR) is 77.7 cm³/mol. The summed E-state index contributed by atoms with van der Waals surface area (Å²) in [6.45, 7) is 1.30. The number of benzene rings is 1. The number of halogens is 2. The lowest BCUT2D eigenvalue weighted by Gasteiger charge is -2.34. The Hall–Kier alpha value is -0.0500.